The number of carbonyl (C=O) groups is 4. The number of aliphatic hydroxyl groups is 1. The average Bonchev–Trinajstić information content (AvgIpc) is 3.14. The SMILES string of the molecule is CC/C=C\C/C=C\C/C=C\C/C=C\CCCCCCCCCCC(=O)OC(CCCCCCC)CCCCCCC(=O)NCC(=O)NC(CO)C(=O)O. The fourth-order valence-electron chi connectivity index (χ4n) is 5.88. The molecule has 0 saturated carbocycles. The highest BCUT2D eigenvalue weighted by Gasteiger charge is 2.19. The van der Waals surface area contributed by atoms with Gasteiger partial charge in [-0.2, -0.15) is 0 Å². The van der Waals surface area contributed by atoms with E-state index >= 15 is 0 Å². The quantitative estimate of drug-likeness (QED) is 0.0282. The molecule has 2 unspecified atom stereocenters. The van der Waals surface area contributed by atoms with Gasteiger partial charge in [0.05, 0.1) is 13.2 Å². The summed E-state index contributed by atoms with van der Waals surface area (Å²) in [6.45, 7) is 3.31. The molecular weight excluding hydrogens is 668 g/mol. The molecular formula is C44H76N2O7. The molecule has 0 aliphatic heterocycles. The van der Waals surface area contributed by atoms with Crippen LogP contribution in [0.25, 0.3) is 0 Å². The summed E-state index contributed by atoms with van der Waals surface area (Å²) in [5, 5.41) is 22.5. The van der Waals surface area contributed by atoms with Gasteiger partial charge in [0.1, 0.15) is 12.1 Å². The van der Waals surface area contributed by atoms with Crippen molar-refractivity contribution >= 4 is 23.8 Å². The van der Waals surface area contributed by atoms with E-state index in [0.717, 1.165) is 89.9 Å². The smallest absolute Gasteiger partial charge is 0.328 e. The molecule has 9 nitrogen and oxygen atoms in total. The Hall–Kier alpha value is -3.20. The largest absolute Gasteiger partial charge is 0.480 e. The molecule has 0 saturated heterocycles. The number of hydrogen-bond donors (Lipinski definition) is 4. The second-order valence-corrected chi connectivity index (χ2v) is 14.1. The monoisotopic (exact) mass is 745 g/mol. The van der Waals surface area contributed by atoms with Crippen LogP contribution in [0, 0.1) is 0 Å². The van der Waals surface area contributed by atoms with Crippen molar-refractivity contribution in [3.63, 3.8) is 0 Å². The van der Waals surface area contributed by atoms with E-state index in [1.807, 2.05) is 0 Å². The predicted molar refractivity (Wildman–Crippen MR) is 217 cm³/mol. The summed E-state index contributed by atoms with van der Waals surface area (Å²) in [5.41, 5.74) is 0. The molecule has 2 atom stereocenters. The van der Waals surface area contributed by atoms with Gasteiger partial charge in [-0.05, 0) is 77.0 Å². The highest BCUT2D eigenvalue weighted by Crippen LogP contribution is 2.18. The Bertz CT molecular complexity index is 1040. The molecule has 304 valence electrons. The summed E-state index contributed by atoms with van der Waals surface area (Å²) in [6, 6.07) is -1.39. The van der Waals surface area contributed by atoms with E-state index in [9.17, 15) is 19.2 Å². The molecule has 0 aliphatic carbocycles. The average molecular weight is 745 g/mol. The number of aliphatic hydroxyl groups excluding tert-OH is 1. The highest BCUT2D eigenvalue weighted by molar-refractivity contribution is 5.87. The predicted octanol–water partition coefficient (Wildman–Crippen LogP) is 9.98. The van der Waals surface area contributed by atoms with E-state index in [0.29, 0.717) is 12.8 Å². The van der Waals surface area contributed by atoms with E-state index in [1.54, 1.807) is 0 Å². The lowest BCUT2D eigenvalue weighted by Crippen LogP contribution is -2.47. The number of carbonyl (C=O) groups excluding carboxylic acids is 3. The first-order chi connectivity index (χ1) is 25.8. The molecule has 0 bridgehead atoms. The number of allylic oxidation sites excluding steroid dienone is 8. The highest BCUT2D eigenvalue weighted by atomic mass is 16.5. The molecule has 53 heavy (non-hydrogen) atoms. The summed E-state index contributed by atoms with van der Waals surface area (Å²) >= 11 is 0. The molecule has 0 aromatic carbocycles. The van der Waals surface area contributed by atoms with Crippen LogP contribution in [-0.4, -0.2) is 59.3 Å². The fraction of sp³-hybridized carbons (Fsp3) is 0.727. The summed E-state index contributed by atoms with van der Waals surface area (Å²) in [7, 11) is 0. The summed E-state index contributed by atoms with van der Waals surface area (Å²) in [5.74, 6) is -2.35. The Morgan fingerprint density at radius 3 is 1.62 bits per heavy atom. The molecule has 0 aromatic rings. The number of amides is 2. The Morgan fingerprint density at radius 1 is 0.585 bits per heavy atom. The Balaban J connectivity index is 4.04. The molecule has 0 rings (SSSR count). The number of esters is 1. The van der Waals surface area contributed by atoms with Gasteiger partial charge in [-0.15, -0.1) is 0 Å². The minimum absolute atomic E-state index is 0.0452. The van der Waals surface area contributed by atoms with Crippen molar-refractivity contribution in [1.29, 1.82) is 0 Å². The number of rotatable bonds is 37. The van der Waals surface area contributed by atoms with E-state index in [4.69, 9.17) is 14.9 Å². The van der Waals surface area contributed by atoms with Crippen LogP contribution in [-0.2, 0) is 23.9 Å². The first-order valence-electron chi connectivity index (χ1n) is 21.0. The summed E-state index contributed by atoms with van der Waals surface area (Å²) < 4.78 is 5.94. The number of aliphatic carboxylic acids is 1. The first kappa shape index (κ1) is 49.8. The minimum Gasteiger partial charge on any atom is -0.480 e. The molecule has 4 N–H and O–H groups in total. The van der Waals surface area contributed by atoms with Gasteiger partial charge in [0.15, 0.2) is 0 Å². The van der Waals surface area contributed by atoms with Crippen LogP contribution in [0.3, 0.4) is 0 Å². The van der Waals surface area contributed by atoms with Crippen LogP contribution in [0.4, 0.5) is 0 Å². The van der Waals surface area contributed by atoms with Gasteiger partial charge in [0, 0.05) is 12.8 Å². The molecule has 0 aliphatic rings. The third kappa shape index (κ3) is 35.6. The van der Waals surface area contributed by atoms with Crippen LogP contribution >= 0.6 is 0 Å². The molecule has 0 heterocycles. The van der Waals surface area contributed by atoms with Crippen molar-refractivity contribution in [2.45, 2.75) is 193 Å². The lowest BCUT2D eigenvalue weighted by Gasteiger charge is -2.18. The lowest BCUT2D eigenvalue weighted by molar-refractivity contribution is -0.150. The molecule has 0 aromatic heterocycles. The summed E-state index contributed by atoms with van der Waals surface area (Å²) in [6.07, 6.45) is 44.4. The molecule has 9 heteroatoms. The lowest BCUT2D eigenvalue weighted by atomic mass is 10.0. The Morgan fingerprint density at radius 2 is 1.08 bits per heavy atom. The topological polar surface area (TPSA) is 142 Å². The molecule has 0 radical (unpaired) electrons. The second-order valence-electron chi connectivity index (χ2n) is 14.1. The third-order valence-electron chi connectivity index (χ3n) is 9.09. The zero-order valence-corrected chi connectivity index (χ0v) is 33.5. The maximum Gasteiger partial charge on any atom is 0.328 e. The maximum absolute atomic E-state index is 12.7. The van der Waals surface area contributed by atoms with E-state index in [-0.39, 0.29) is 30.9 Å². The number of ether oxygens (including phenoxy) is 1. The van der Waals surface area contributed by atoms with Gasteiger partial charge in [-0.25, -0.2) is 4.79 Å². The van der Waals surface area contributed by atoms with Gasteiger partial charge >= 0.3 is 11.9 Å². The first-order valence-corrected chi connectivity index (χ1v) is 21.0. The number of nitrogens with one attached hydrogen (secondary N) is 2. The van der Waals surface area contributed by atoms with Crippen molar-refractivity contribution in [3.8, 4) is 0 Å². The van der Waals surface area contributed by atoms with Gasteiger partial charge in [0.2, 0.25) is 11.8 Å². The van der Waals surface area contributed by atoms with Gasteiger partial charge in [-0.3, -0.25) is 14.4 Å². The van der Waals surface area contributed by atoms with Crippen molar-refractivity contribution in [2.75, 3.05) is 13.2 Å². The van der Waals surface area contributed by atoms with Gasteiger partial charge in [0.25, 0.3) is 0 Å². The maximum atomic E-state index is 12.7. The van der Waals surface area contributed by atoms with Crippen molar-refractivity contribution in [1.82, 2.24) is 10.6 Å². The fourth-order valence-corrected chi connectivity index (χ4v) is 5.88. The van der Waals surface area contributed by atoms with Crippen LogP contribution in [0.5, 0.6) is 0 Å². The van der Waals surface area contributed by atoms with Crippen LogP contribution < -0.4 is 10.6 Å². The number of carboxylic acid groups (broad SMARTS) is 1. The van der Waals surface area contributed by atoms with E-state index < -0.39 is 24.5 Å². The second kappa shape index (κ2) is 38.5. The minimum atomic E-state index is -1.39. The van der Waals surface area contributed by atoms with E-state index in [1.165, 1.54) is 57.8 Å². The Kier molecular flexibility index (Phi) is 36.2. The van der Waals surface area contributed by atoms with Crippen molar-refractivity contribution in [3.05, 3.63) is 48.6 Å². The third-order valence-corrected chi connectivity index (χ3v) is 9.09. The zero-order chi connectivity index (χ0) is 39.0. The van der Waals surface area contributed by atoms with Crippen molar-refractivity contribution < 1.29 is 34.1 Å². The molecule has 0 fully saturated rings. The van der Waals surface area contributed by atoms with Crippen LogP contribution in [0.1, 0.15) is 181 Å². The summed E-state index contributed by atoms with van der Waals surface area (Å²) in [4.78, 5) is 47.4. The van der Waals surface area contributed by atoms with Crippen molar-refractivity contribution in [2.24, 2.45) is 0 Å². The number of carboxylic acids is 1. The zero-order valence-electron chi connectivity index (χ0n) is 33.5. The molecule has 0 spiro atoms. The molecule has 2 amide bonds. The van der Waals surface area contributed by atoms with Gasteiger partial charge < -0.3 is 25.6 Å². The number of hydrogen-bond acceptors (Lipinski definition) is 6. The number of unbranched alkanes of at least 4 members (excludes halogenated alkanes) is 15. The van der Waals surface area contributed by atoms with Crippen LogP contribution in [0.2, 0.25) is 0 Å². The standard InChI is InChI=1S/C44H76N2O7/c1-3-5-7-9-10-11-12-13-14-15-16-17-18-19-20-21-22-23-24-26-32-36-43(50)53-39(33-29-25-8-6-4-2)34-30-27-28-31-35-41(48)45-37-42(49)46-40(38-47)44(51)52/h5,7,10-11,13-14,16-17,39-40,47H,3-4,6,8-9,12,15,18-38H2,1-2H3,(H,45,48)(H,46,49)(H,51,52)/b7-5-,11-10-,14-13-,17-16-. The van der Waals surface area contributed by atoms with E-state index in [2.05, 4.69) is 73.1 Å². The Labute approximate surface area is 322 Å². The van der Waals surface area contributed by atoms with Crippen LogP contribution in [0.15, 0.2) is 48.6 Å². The normalized spacial score (nSPS) is 13.0. The van der Waals surface area contributed by atoms with Gasteiger partial charge in [-0.1, -0.05) is 140 Å².